The van der Waals surface area contributed by atoms with Gasteiger partial charge in [0.15, 0.2) is 0 Å². The number of rotatable bonds is 3. The van der Waals surface area contributed by atoms with Crippen molar-refractivity contribution in [2.24, 2.45) is 5.10 Å². The molecule has 3 N–H and O–H groups in total. The third-order valence-electron chi connectivity index (χ3n) is 2.57. The zero-order valence-corrected chi connectivity index (χ0v) is 10.1. The molecule has 0 atom stereocenters. The topological polar surface area (TPSA) is 59.6 Å². The molecule has 0 aromatic heterocycles. The Labute approximate surface area is 101 Å². The first-order valence-electron chi connectivity index (χ1n) is 5.59. The molecule has 0 radical (unpaired) electrons. The van der Waals surface area contributed by atoms with E-state index in [9.17, 15) is 0 Å². The molecule has 90 valence electrons. The first-order valence-corrected chi connectivity index (χ1v) is 5.59. The van der Waals surface area contributed by atoms with Gasteiger partial charge in [-0.05, 0) is 36.8 Å². The average Bonchev–Trinajstić information content (AvgIpc) is 2.89. The summed E-state index contributed by atoms with van der Waals surface area (Å²) < 4.78 is 5.11. The van der Waals surface area contributed by atoms with E-state index in [-0.39, 0.29) is 0 Å². The molecule has 1 aromatic rings. The van der Waals surface area contributed by atoms with Crippen LogP contribution < -0.4 is 20.5 Å². The van der Waals surface area contributed by atoms with Gasteiger partial charge in [-0.3, -0.25) is 10.3 Å². The SMILES string of the molecule is COc1ccc(/C(C)=N/NC2=[NH+]CCN2)cc1. The van der Waals surface area contributed by atoms with Crippen LogP contribution in [0.1, 0.15) is 12.5 Å². The molecular formula is C12H17N4O+. The Morgan fingerprint density at radius 2 is 2.18 bits per heavy atom. The second kappa shape index (κ2) is 5.34. The van der Waals surface area contributed by atoms with E-state index < -0.39 is 0 Å². The second-order valence-corrected chi connectivity index (χ2v) is 3.77. The van der Waals surface area contributed by atoms with Crippen LogP contribution in [0.3, 0.4) is 0 Å². The Bertz CT molecular complexity index is 436. The first kappa shape index (κ1) is 11.4. The van der Waals surface area contributed by atoms with Crippen LogP contribution in [0.4, 0.5) is 0 Å². The van der Waals surface area contributed by atoms with Gasteiger partial charge >= 0.3 is 5.96 Å². The molecule has 5 nitrogen and oxygen atoms in total. The van der Waals surface area contributed by atoms with Gasteiger partial charge in [0.25, 0.3) is 0 Å². The lowest BCUT2D eigenvalue weighted by Crippen LogP contribution is -2.73. The molecule has 2 rings (SSSR count). The molecule has 5 heteroatoms. The number of hydrogen-bond acceptors (Lipinski definition) is 4. The predicted octanol–water partition coefficient (Wildman–Crippen LogP) is -0.951. The maximum atomic E-state index is 5.11. The van der Waals surface area contributed by atoms with E-state index in [1.54, 1.807) is 7.11 Å². The van der Waals surface area contributed by atoms with E-state index in [0.717, 1.165) is 36.1 Å². The van der Waals surface area contributed by atoms with Crippen LogP contribution in [0, 0.1) is 0 Å². The monoisotopic (exact) mass is 233 g/mol. The summed E-state index contributed by atoms with van der Waals surface area (Å²) in [7, 11) is 1.66. The van der Waals surface area contributed by atoms with Gasteiger partial charge in [0.1, 0.15) is 5.75 Å². The predicted molar refractivity (Wildman–Crippen MR) is 67.2 cm³/mol. The molecule has 0 aliphatic carbocycles. The molecule has 1 aliphatic heterocycles. The molecule has 0 spiro atoms. The summed E-state index contributed by atoms with van der Waals surface area (Å²) in [6, 6.07) is 7.82. The first-order chi connectivity index (χ1) is 8.29. The highest BCUT2D eigenvalue weighted by Gasteiger charge is 2.10. The van der Waals surface area contributed by atoms with Crippen LogP contribution in [-0.2, 0) is 0 Å². The Balaban J connectivity index is 2.02. The third-order valence-corrected chi connectivity index (χ3v) is 2.57. The summed E-state index contributed by atoms with van der Waals surface area (Å²) in [5.74, 6) is 1.71. The van der Waals surface area contributed by atoms with Crippen LogP contribution in [-0.4, -0.2) is 31.9 Å². The van der Waals surface area contributed by atoms with E-state index in [0.29, 0.717) is 0 Å². The molecular weight excluding hydrogens is 216 g/mol. The van der Waals surface area contributed by atoms with E-state index in [1.807, 2.05) is 31.2 Å². The Kier molecular flexibility index (Phi) is 3.59. The van der Waals surface area contributed by atoms with Crippen molar-refractivity contribution in [2.45, 2.75) is 6.92 Å². The summed E-state index contributed by atoms with van der Waals surface area (Å²) in [6.07, 6.45) is 0. The van der Waals surface area contributed by atoms with Crippen LogP contribution in [0.25, 0.3) is 0 Å². The zero-order valence-electron chi connectivity index (χ0n) is 10.1. The van der Waals surface area contributed by atoms with E-state index >= 15 is 0 Å². The minimum atomic E-state index is 0.850. The number of ether oxygens (including phenoxy) is 1. The average molecular weight is 233 g/mol. The Morgan fingerprint density at radius 3 is 2.76 bits per heavy atom. The largest absolute Gasteiger partial charge is 0.497 e. The van der Waals surface area contributed by atoms with Crippen molar-refractivity contribution in [1.82, 2.24) is 10.7 Å². The fourth-order valence-corrected chi connectivity index (χ4v) is 1.55. The van der Waals surface area contributed by atoms with Crippen LogP contribution in [0.5, 0.6) is 5.75 Å². The van der Waals surface area contributed by atoms with Gasteiger partial charge in [-0.2, -0.15) is 5.43 Å². The number of hydrazone groups is 1. The third kappa shape index (κ3) is 2.96. The molecule has 17 heavy (non-hydrogen) atoms. The van der Waals surface area contributed by atoms with Gasteiger partial charge < -0.3 is 4.74 Å². The molecule has 1 aliphatic rings. The van der Waals surface area contributed by atoms with Crippen molar-refractivity contribution in [3.8, 4) is 5.75 Å². The molecule has 0 saturated heterocycles. The van der Waals surface area contributed by atoms with Crippen molar-refractivity contribution < 1.29 is 9.73 Å². The number of methoxy groups -OCH3 is 1. The quantitative estimate of drug-likeness (QED) is 0.466. The smallest absolute Gasteiger partial charge is 0.367 e. The number of nitrogens with one attached hydrogen (secondary N) is 3. The number of hydrogen-bond donors (Lipinski definition) is 3. The van der Waals surface area contributed by atoms with Gasteiger partial charge in [-0.15, -0.1) is 5.10 Å². The maximum absolute atomic E-state index is 5.11. The standard InChI is InChI=1S/C12H16N4O/c1-9(15-16-12-13-7-8-14-12)10-3-5-11(17-2)6-4-10/h3-6H,7-8H2,1-2H3,(H2,13,14,16)/p+1/b15-9+. The lowest BCUT2D eigenvalue weighted by Gasteiger charge is -2.02. The lowest BCUT2D eigenvalue weighted by atomic mass is 10.1. The van der Waals surface area contributed by atoms with Crippen molar-refractivity contribution in [3.63, 3.8) is 0 Å². The molecule has 0 fully saturated rings. The molecule has 1 aromatic carbocycles. The molecule has 0 bridgehead atoms. The van der Waals surface area contributed by atoms with Gasteiger partial charge in [0.2, 0.25) is 0 Å². The summed E-state index contributed by atoms with van der Waals surface area (Å²) >= 11 is 0. The molecule has 0 saturated carbocycles. The van der Waals surface area contributed by atoms with Crippen LogP contribution in [0.2, 0.25) is 0 Å². The van der Waals surface area contributed by atoms with Crippen molar-refractivity contribution in [1.29, 1.82) is 0 Å². The Morgan fingerprint density at radius 1 is 1.41 bits per heavy atom. The number of guanidine groups is 1. The van der Waals surface area contributed by atoms with Crippen LogP contribution >= 0.6 is 0 Å². The zero-order chi connectivity index (χ0) is 12.1. The highest BCUT2D eigenvalue weighted by molar-refractivity contribution is 5.99. The van der Waals surface area contributed by atoms with Crippen molar-refractivity contribution in [3.05, 3.63) is 29.8 Å². The molecule has 0 amide bonds. The number of benzene rings is 1. The normalized spacial score (nSPS) is 15.2. The van der Waals surface area contributed by atoms with Crippen molar-refractivity contribution >= 4 is 11.7 Å². The number of nitrogens with zero attached hydrogens (tertiary/aromatic N) is 1. The van der Waals surface area contributed by atoms with E-state index in [4.69, 9.17) is 4.74 Å². The lowest BCUT2D eigenvalue weighted by molar-refractivity contribution is -0.446. The van der Waals surface area contributed by atoms with E-state index in [2.05, 4.69) is 20.8 Å². The highest BCUT2D eigenvalue weighted by atomic mass is 16.5. The highest BCUT2D eigenvalue weighted by Crippen LogP contribution is 2.11. The summed E-state index contributed by atoms with van der Waals surface area (Å²) in [4.78, 5) is 3.15. The summed E-state index contributed by atoms with van der Waals surface area (Å²) in [5, 5.41) is 7.44. The van der Waals surface area contributed by atoms with Gasteiger partial charge in [0, 0.05) is 0 Å². The molecule has 0 unspecified atom stereocenters. The van der Waals surface area contributed by atoms with Gasteiger partial charge in [0.05, 0.1) is 25.9 Å². The van der Waals surface area contributed by atoms with E-state index in [1.165, 1.54) is 0 Å². The Hall–Kier alpha value is -2.04. The summed E-state index contributed by atoms with van der Waals surface area (Å²) in [6.45, 7) is 3.82. The minimum absolute atomic E-state index is 0.850. The maximum Gasteiger partial charge on any atom is 0.367 e. The van der Waals surface area contributed by atoms with Gasteiger partial charge in [-0.25, -0.2) is 0 Å². The minimum Gasteiger partial charge on any atom is -0.497 e. The second-order valence-electron chi connectivity index (χ2n) is 3.77. The van der Waals surface area contributed by atoms with Crippen LogP contribution in [0.15, 0.2) is 29.4 Å². The molecule has 1 heterocycles. The van der Waals surface area contributed by atoms with Crippen molar-refractivity contribution in [2.75, 3.05) is 20.2 Å². The van der Waals surface area contributed by atoms with Gasteiger partial charge in [-0.1, -0.05) is 0 Å². The fraction of sp³-hybridized carbons (Fsp3) is 0.333. The fourth-order valence-electron chi connectivity index (χ4n) is 1.55. The summed E-state index contributed by atoms with van der Waals surface area (Å²) in [5.41, 5.74) is 4.95.